The summed E-state index contributed by atoms with van der Waals surface area (Å²) < 4.78 is 5.37. The van der Waals surface area contributed by atoms with Crippen LogP contribution in [0.4, 0.5) is 0 Å². The molecule has 1 aromatic rings. The molecule has 2 rings (SSSR count). The van der Waals surface area contributed by atoms with Gasteiger partial charge in [-0.25, -0.2) is 0 Å². The molecule has 0 aliphatic carbocycles. The molecule has 6 heteroatoms. The van der Waals surface area contributed by atoms with E-state index in [9.17, 15) is 4.79 Å². The lowest BCUT2D eigenvalue weighted by Crippen LogP contribution is -2.47. The van der Waals surface area contributed by atoms with Gasteiger partial charge < -0.3 is 15.4 Å². The molecule has 0 saturated carbocycles. The molecule has 1 unspecified atom stereocenters. The first kappa shape index (κ1) is 18.4. The molecule has 1 atom stereocenters. The highest BCUT2D eigenvalue weighted by Crippen LogP contribution is 2.29. The Bertz CT molecular complexity index is 414. The van der Waals surface area contributed by atoms with Crippen LogP contribution in [0.2, 0.25) is 0 Å². The fourth-order valence-corrected chi connectivity index (χ4v) is 3.51. The van der Waals surface area contributed by atoms with E-state index < -0.39 is 0 Å². The molecule has 1 aliphatic rings. The molecule has 0 bridgehead atoms. The van der Waals surface area contributed by atoms with Crippen molar-refractivity contribution in [3.8, 4) is 0 Å². The normalized spacial score (nSPS) is 18.6. The van der Waals surface area contributed by atoms with E-state index in [0.717, 1.165) is 30.8 Å². The number of halogens is 1. The fourth-order valence-electron chi connectivity index (χ4n) is 2.73. The Morgan fingerprint density at radius 1 is 1.52 bits per heavy atom. The quantitative estimate of drug-likeness (QED) is 0.841. The number of amides is 1. The van der Waals surface area contributed by atoms with Crippen molar-refractivity contribution in [1.29, 1.82) is 0 Å². The summed E-state index contributed by atoms with van der Waals surface area (Å²) >= 11 is 1.63. The third kappa shape index (κ3) is 4.95. The standard InChI is InChI=1S/C15H24N2O2S.ClH/c1-12(13-4-3-9-20-13)14(18)17-10-15(11-19-2)5-7-16-8-6-15;/h3-4,9,12,16H,5-8,10-11H2,1-2H3,(H,17,18);1H. The first-order chi connectivity index (χ1) is 9.67. The zero-order valence-corrected chi connectivity index (χ0v) is 14.3. The van der Waals surface area contributed by atoms with Crippen molar-refractivity contribution in [2.45, 2.75) is 25.7 Å². The maximum absolute atomic E-state index is 12.3. The van der Waals surface area contributed by atoms with Gasteiger partial charge in [0, 0.05) is 23.9 Å². The highest BCUT2D eigenvalue weighted by molar-refractivity contribution is 7.10. The number of thiophene rings is 1. The van der Waals surface area contributed by atoms with Crippen LogP contribution >= 0.6 is 23.7 Å². The van der Waals surface area contributed by atoms with Crippen LogP contribution in [0.15, 0.2) is 17.5 Å². The average molecular weight is 333 g/mol. The van der Waals surface area contributed by atoms with E-state index >= 15 is 0 Å². The summed E-state index contributed by atoms with van der Waals surface area (Å²) in [4.78, 5) is 13.4. The van der Waals surface area contributed by atoms with Gasteiger partial charge in [0.25, 0.3) is 0 Å². The van der Waals surface area contributed by atoms with E-state index in [1.165, 1.54) is 0 Å². The van der Waals surface area contributed by atoms with Crippen molar-refractivity contribution in [2.75, 3.05) is 33.4 Å². The van der Waals surface area contributed by atoms with Crippen molar-refractivity contribution in [2.24, 2.45) is 5.41 Å². The molecule has 1 amide bonds. The number of carbonyl (C=O) groups is 1. The van der Waals surface area contributed by atoms with Gasteiger partial charge in [-0.05, 0) is 44.3 Å². The number of ether oxygens (including phenoxy) is 1. The summed E-state index contributed by atoms with van der Waals surface area (Å²) in [5.41, 5.74) is 0.0881. The molecule has 21 heavy (non-hydrogen) atoms. The van der Waals surface area contributed by atoms with E-state index in [-0.39, 0.29) is 29.6 Å². The zero-order valence-electron chi connectivity index (χ0n) is 12.7. The lowest BCUT2D eigenvalue weighted by Gasteiger charge is -2.37. The minimum absolute atomic E-state index is 0. The van der Waals surface area contributed by atoms with E-state index in [0.29, 0.717) is 13.2 Å². The van der Waals surface area contributed by atoms with Crippen molar-refractivity contribution >= 4 is 29.7 Å². The largest absolute Gasteiger partial charge is 0.384 e. The molecule has 0 radical (unpaired) electrons. The zero-order chi connectivity index (χ0) is 14.4. The predicted octanol–water partition coefficient (Wildman–Crippen LogP) is 2.41. The van der Waals surface area contributed by atoms with Crippen molar-refractivity contribution < 1.29 is 9.53 Å². The van der Waals surface area contributed by atoms with E-state index in [1.54, 1.807) is 18.4 Å². The van der Waals surface area contributed by atoms with Gasteiger partial charge in [-0.3, -0.25) is 4.79 Å². The minimum Gasteiger partial charge on any atom is -0.384 e. The number of hydrogen-bond donors (Lipinski definition) is 2. The Morgan fingerprint density at radius 2 is 2.24 bits per heavy atom. The number of hydrogen-bond acceptors (Lipinski definition) is 4. The molecule has 1 aromatic heterocycles. The number of rotatable bonds is 6. The Hall–Kier alpha value is -0.620. The summed E-state index contributed by atoms with van der Waals surface area (Å²) in [6, 6.07) is 4.01. The van der Waals surface area contributed by atoms with E-state index in [1.807, 2.05) is 24.4 Å². The molecule has 4 nitrogen and oxygen atoms in total. The molecular weight excluding hydrogens is 308 g/mol. The Kier molecular flexibility index (Phi) is 7.66. The van der Waals surface area contributed by atoms with Crippen LogP contribution in [-0.2, 0) is 9.53 Å². The number of carbonyl (C=O) groups excluding carboxylic acids is 1. The van der Waals surface area contributed by atoms with Gasteiger partial charge in [-0.15, -0.1) is 23.7 Å². The van der Waals surface area contributed by atoms with Gasteiger partial charge in [0.2, 0.25) is 5.91 Å². The van der Waals surface area contributed by atoms with E-state index in [2.05, 4.69) is 10.6 Å². The van der Waals surface area contributed by atoms with Crippen molar-refractivity contribution in [1.82, 2.24) is 10.6 Å². The number of nitrogens with one attached hydrogen (secondary N) is 2. The molecule has 1 fully saturated rings. The summed E-state index contributed by atoms with van der Waals surface area (Å²) in [6.07, 6.45) is 2.10. The predicted molar refractivity (Wildman–Crippen MR) is 89.4 cm³/mol. The smallest absolute Gasteiger partial charge is 0.228 e. The average Bonchev–Trinajstić information content (AvgIpc) is 2.99. The van der Waals surface area contributed by atoms with Crippen molar-refractivity contribution in [3.63, 3.8) is 0 Å². The molecule has 1 aliphatic heterocycles. The van der Waals surface area contributed by atoms with E-state index in [4.69, 9.17) is 4.74 Å². The summed E-state index contributed by atoms with van der Waals surface area (Å²) in [5, 5.41) is 8.50. The van der Waals surface area contributed by atoms with Gasteiger partial charge in [-0.1, -0.05) is 6.07 Å². The highest BCUT2D eigenvalue weighted by Gasteiger charge is 2.33. The van der Waals surface area contributed by atoms with Gasteiger partial charge in [0.1, 0.15) is 0 Å². The second-order valence-corrected chi connectivity index (χ2v) is 6.62. The van der Waals surface area contributed by atoms with Crippen LogP contribution in [0.25, 0.3) is 0 Å². The molecule has 2 heterocycles. The van der Waals surface area contributed by atoms with Gasteiger partial charge >= 0.3 is 0 Å². The minimum atomic E-state index is -0.0729. The number of methoxy groups -OCH3 is 1. The molecule has 1 saturated heterocycles. The van der Waals surface area contributed by atoms with Gasteiger partial charge in [-0.2, -0.15) is 0 Å². The van der Waals surface area contributed by atoms with Crippen LogP contribution in [-0.4, -0.2) is 39.3 Å². The second-order valence-electron chi connectivity index (χ2n) is 5.64. The first-order valence-electron chi connectivity index (χ1n) is 7.18. The maximum atomic E-state index is 12.3. The van der Waals surface area contributed by atoms with Crippen LogP contribution in [0.1, 0.15) is 30.6 Å². The van der Waals surface area contributed by atoms with Gasteiger partial charge in [0.05, 0.1) is 12.5 Å². The summed E-state index contributed by atoms with van der Waals surface area (Å²) in [7, 11) is 1.74. The topological polar surface area (TPSA) is 50.4 Å². The third-order valence-corrected chi connectivity index (χ3v) is 5.17. The molecular formula is C15H25ClN2O2S. The summed E-state index contributed by atoms with van der Waals surface area (Å²) in [6.45, 7) is 5.38. The molecule has 120 valence electrons. The van der Waals surface area contributed by atoms with Crippen LogP contribution < -0.4 is 10.6 Å². The molecule has 0 spiro atoms. The van der Waals surface area contributed by atoms with Gasteiger partial charge in [0.15, 0.2) is 0 Å². The Balaban J connectivity index is 0.00000220. The number of piperidine rings is 1. The maximum Gasteiger partial charge on any atom is 0.228 e. The second kappa shape index (κ2) is 8.73. The lowest BCUT2D eigenvalue weighted by atomic mass is 9.79. The van der Waals surface area contributed by atoms with Crippen LogP contribution in [0, 0.1) is 5.41 Å². The fraction of sp³-hybridized carbons (Fsp3) is 0.667. The van der Waals surface area contributed by atoms with Crippen LogP contribution in [0.3, 0.4) is 0 Å². The SMILES string of the molecule is COCC1(CNC(=O)C(C)c2cccs2)CCNCC1.Cl. The first-order valence-corrected chi connectivity index (χ1v) is 8.06. The monoisotopic (exact) mass is 332 g/mol. The van der Waals surface area contributed by atoms with Crippen LogP contribution in [0.5, 0.6) is 0 Å². The Labute approximate surface area is 137 Å². The molecule has 2 N–H and O–H groups in total. The van der Waals surface area contributed by atoms with Crippen molar-refractivity contribution in [3.05, 3.63) is 22.4 Å². The summed E-state index contributed by atoms with van der Waals surface area (Å²) in [5.74, 6) is 0.0396. The molecule has 0 aromatic carbocycles. The third-order valence-electron chi connectivity index (χ3n) is 4.12. The lowest BCUT2D eigenvalue weighted by molar-refractivity contribution is -0.123. The highest BCUT2D eigenvalue weighted by atomic mass is 35.5. The Morgan fingerprint density at radius 3 is 2.81 bits per heavy atom.